The van der Waals surface area contributed by atoms with Crippen molar-refractivity contribution in [2.75, 3.05) is 37.9 Å². The molecule has 102 valence electrons. The summed E-state index contributed by atoms with van der Waals surface area (Å²) >= 11 is 0. The molecule has 1 rings (SSSR count). The molecule has 4 N–H and O–H groups in total. The van der Waals surface area contributed by atoms with Crippen LogP contribution in [0, 0.1) is 0 Å². The van der Waals surface area contributed by atoms with Gasteiger partial charge < -0.3 is 20.9 Å². The lowest BCUT2D eigenvalue weighted by Crippen LogP contribution is -2.28. The summed E-state index contributed by atoms with van der Waals surface area (Å²) in [6.07, 6.45) is 0. The van der Waals surface area contributed by atoms with Crippen LogP contribution < -0.4 is 20.9 Å². The Balaban J connectivity index is 2.81. The van der Waals surface area contributed by atoms with Gasteiger partial charge in [-0.2, -0.15) is 9.97 Å². The van der Waals surface area contributed by atoms with Gasteiger partial charge in [-0.1, -0.05) is 13.8 Å². The Hall–Kier alpha value is -1.76. The van der Waals surface area contributed by atoms with E-state index in [9.17, 15) is 0 Å². The third kappa shape index (κ3) is 3.63. The average molecular weight is 255 g/mol. The number of ether oxygens (including phenoxy) is 2. The van der Waals surface area contributed by atoms with Gasteiger partial charge in [0, 0.05) is 0 Å². The molecule has 0 aliphatic carbocycles. The average Bonchev–Trinajstić information content (AvgIpc) is 2.36. The van der Waals surface area contributed by atoms with Gasteiger partial charge in [-0.3, -0.25) is 4.90 Å². The number of rotatable bonds is 7. The molecule has 0 fully saturated rings. The predicted molar refractivity (Wildman–Crippen MR) is 70.4 cm³/mol. The van der Waals surface area contributed by atoms with Crippen molar-refractivity contribution >= 4 is 11.6 Å². The molecular weight excluding hydrogens is 234 g/mol. The zero-order chi connectivity index (χ0) is 13.5. The monoisotopic (exact) mass is 255 g/mol. The molecule has 1 heterocycles. The van der Waals surface area contributed by atoms with Gasteiger partial charge in [0.15, 0.2) is 5.69 Å². The second-order valence-corrected chi connectivity index (χ2v) is 3.62. The van der Waals surface area contributed by atoms with Gasteiger partial charge in [-0.05, 0) is 20.0 Å². The molecule has 0 saturated carbocycles. The molecule has 0 unspecified atom stereocenters. The first-order chi connectivity index (χ1) is 8.62. The minimum Gasteiger partial charge on any atom is -0.476 e. The van der Waals surface area contributed by atoms with Crippen molar-refractivity contribution in [3.8, 4) is 11.8 Å². The minimum atomic E-state index is 0.0854. The van der Waals surface area contributed by atoms with E-state index in [2.05, 4.69) is 28.7 Å². The highest BCUT2D eigenvalue weighted by Crippen LogP contribution is 2.28. The third-order valence-electron chi connectivity index (χ3n) is 2.45. The summed E-state index contributed by atoms with van der Waals surface area (Å²) in [6.45, 7) is 8.57. The number of anilines is 2. The number of nitrogen functional groups attached to an aromatic ring is 2. The Morgan fingerprint density at radius 2 is 1.56 bits per heavy atom. The number of nitrogens with zero attached hydrogens (tertiary/aromatic N) is 3. The fourth-order valence-electron chi connectivity index (χ4n) is 1.36. The van der Waals surface area contributed by atoms with E-state index in [0.29, 0.717) is 13.3 Å². The molecular formula is C11H21N5O2. The minimum absolute atomic E-state index is 0.0854. The highest BCUT2D eigenvalue weighted by atomic mass is 16.5. The maximum atomic E-state index is 5.86. The Kier molecular flexibility index (Phi) is 5.44. The quantitative estimate of drug-likeness (QED) is 0.692. The lowest BCUT2D eigenvalue weighted by Gasteiger charge is -2.19. The van der Waals surface area contributed by atoms with Crippen LogP contribution in [0.25, 0.3) is 0 Å². The van der Waals surface area contributed by atoms with Gasteiger partial charge in [0.05, 0.1) is 6.61 Å². The van der Waals surface area contributed by atoms with Crippen molar-refractivity contribution in [1.29, 1.82) is 0 Å². The predicted octanol–water partition coefficient (Wildman–Crippen LogP) is 0.718. The highest BCUT2D eigenvalue weighted by molar-refractivity contribution is 5.58. The van der Waals surface area contributed by atoms with Crippen LogP contribution in [0.4, 0.5) is 11.6 Å². The first-order valence-electron chi connectivity index (χ1n) is 6.03. The SMILES string of the molecule is CCOc1nc(N)nc(OCN(CC)CC)c1N. The summed E-state index contributed by atoms with van der Waals surface area (Å²) in [5.74, 6) is 0.611. The third-order valence-corrected chi connectivity index (χ3v) is 2.45. The van der Waals surface area contributed by atoms with Gasteiger partial charge in [-0.25, -0.2) is 0 Å². The van der Waals surface area contributed by atoms with E-state index in [0.717, 1.165) is 13.1 Å². The first kappa shape index (κ1) is 14.3. The molecule has 18 heavy (non-hydrogen) atoms. The number of hydrogen-bond acceptors (Lipinski definition) is 7. The maximum Gasteiger partial charge on any atom is 0.247 e. The van der Waals surface area contributed by atoms with Gasteiger partial charge in [0.2, 0.25) is 17.7 Å². The van der Waals surface area contributed by atoms with E-state index in [-0.39, 0.29) is 23.4 Å². The summed E-state index contributed by atoms with van der Waals surface area (Å²) in [5, 5.41) is 0. The smallest absolute Gasteiger partial charge is 0.247 e. The molecule has 1 aromatic heterocycles. The number of hydrogen-bond donors (Lipinski definition) is 2. The van der Waals surface area contributed by atoms with E-state index < -0.39 is 0 Å². The molecule has 0 aromatic carbocycles. The summed E-state index contributed by atoms with van der Waals surface area (Å²) in [7, 11) is 0. The maximum absolute atomic E-state index is 5.86. The van der Waals surface area contributed by atoms with Crippen LogP contribution in [0.2, 0.25) is 0 Å². The Morgan fingerprint density at radius 3 is 2.06 bits per heavy atom. The van der Waals surface area contributed by atoms with E-state index >= 15 is 0 Å². The van der Waals surface area contributed by atoms with Gasteiger partial charge >= 0.3 is 0 Å². The van der Waals surface area contributed by atoms with Crippen molar-refractivity contribution in [2.45, 2.75) is 20.8 Å². The molecule has 0 amide bonds. The molecule has 0 atom stereocenters. The second-order valence-electron chi connectivity index (χ2n) is 3.62. The molecule has 0 saturated heterocycles. The van der Waals surface area contributed by atoms with Crippen LogP contribution in [-0.4, -0.2) is 41.3 Å². The number of aromatic nitrogens is 2. The lowest BCUT2D eigenvalue weighted by molar-refractivity contribution is 0.133. The van der Waals surface area contributed by atoms with Crippen molar-refractivity contribution in [3.63, 3.8) is 0 Å². The highest BCUT2D eigenvalue weighted by Gasteiger charge is 2.13. The normalized spacial score (nSPS) is 10.7. The summed E-state index contributed by atoms with van der Waals surface area (Å²) < 4.78 is 10.8. The molecule has 0 spiro atoms. The zero-order valence-electron chi connectivity index (χ0n) is 11.1. The van der Waals surface area contributed by atoms with Crippen LogP contribution in [0.15, 0.2) is 0 Å². The molecule has 0 aliphatic rings. The second kappa shape index (κ2) is 6.85. The van der Waals surface area contributed by atoms with Crippen LogP contribution >= 0.6 is 0 Å². The summed E-state index contributed by atoms with van der Waals surface area (Å²) in [6, 6.07) is 0. The first-order valence-corrected chi connectivity index (χ1v) is 6.03. The summed E-state index contributed by atoms with van der Waals surface area (Å²) in [5.41, 5.74) is 11.7. The van der Waals surface area contributed by atoms with E-state index in [1.54, 1.807) is 0 Å². The molecule has 0 bridgehead atoms. The Bertz CT molecular complexity index is 382. The van der Waals surface area contributed by atoms with E-state index in [1.165, 1.54) is 0 Å². The van der Waals surface area contributed by atoms with Crippen LogP contribution in [0.5, 0.6) is 11.8 Å². The van der Waals surface area contributed by atoms with Crippen LogP contribution in [-0.2, 0) is 0 Å². The molecule has 7 heteroatoms. The van der Waals surface area contributed by atoms with Crippen molar-refractivity contribution in [1.82, 2.24) is 14.9 Å². The number of nitrogens with two attached hydrogens (primary N) is 2. The van der Waals surface area contributed by atoms with E-state index in [4.69, 9.17) is 20.9 Å². The molecule has 1 aromatic rings. The largest absolute Gasteiger partial charge is 0.476 e. The fraction of sp³-hybridized carbons (Fsp3) is 0.636. The molecule has 0 aliphatic heterocycles. The van der Waals surface area contributed by atoms with Crippen LogP contribution in [0.1, 0.15) is 20.8 Å². The van der Waals surface area contributed by atoms with Gasteiger partial charge in [-0.15, -0.1) is 0 Å². The lowest BCUT2D eigenvalue weighted by atomic mass is 10.5. The molecule has 7 nitrogen and oxygen atoms in total. The fourth-order valence-corrected chi connectivity index (χ4v) is 1.36. The Morgan fingerprint density at radius 1 is 1.00 bits per heavy atom. The summed E-state index contributed by atoms with van der Waals surface area (Å²) in [4.78, 5) is 9.97. The van der Waals surface area contributed by atoms with Gasteiger partial charge in [0.25, 0.3) is 0 Å². The van der Waals surface area contributed by atoms with Crippen molar-refractivity contribution in [2.24, 2.45) is 0 Å². The Labute approximate surface area is 107 Å². The van der Waals surface area contributed by atoms with Crippen molar-refractivity contribution in [3.05, 3.63) is 0 Å². The van der Waals surface area contributed by atoms with Crippen LogP contribution in [0.3, 0.4) is 0 Å². The standard InChI is InChI=1S/C11H21N5O2/c1-4-16(5-2)7-18-10-8(12)9(17-6-3)14-11(13)15-10/h4-7,12H2,1-3H3,(H2,13,14,15). The molecule has 0 radical (unpaired) electrons. The topological polar surface area (TPSA) is 99.5 Å². The zero-order valence-corrected chi connectivity index (χ0v) is 11.1. The van der Waals surface area contributed by atoms with Crippen molar-refractivity contribution < 1.29 is 9.47 Å². The van der Waals surface area contributed by atoms with E-state index in [1.807, 2.05) is 6.92 Å². The van der Waals surface area contributed by atoms with Gasteiger partial charge in [0.1, 0.15) is 6.73 Å².